The van der Waals surface area contributed by atoms with Crippen molar-refractivity contribution in [3.63, 3.8) is 0 Å². The lowest BCUT2D eigenvalue weighted by atomic mass is 10.2. The Bertz CT molecular complexity index is 401. The summed E-state index contributed by atoms with van der Waals surface area (Å²) in [6.45, 7) is 0.689. The number of methoxy groups -OCH3 is 1. The fourth-order valence-electron chi connectivity index (χ4n) is 1.37. The molecule has 0 aromatic heterocycles. The minimum Gasteiger partial charge on any atom is -0.497 e. The molecule has 1 aliphatic heterocycles. The molecule has 1 aromatic carbocycles. The summed E-state index contributed by atoms with van der Waals surface area (Å²) in [7, 11) is 0.585. The summed E-state index contributed by atoms with van der Waals surface area (Å²) in [4.78, 5) is 0.854. The van der Waals surface area contributed by atoms with Gasteiger partial charge in [0.05, 0.1) is 17.9 Å². The lowest BCUT2D eigenvalue weighted by molar-refractivity contribution is 0.413. The zero-order chi connectivity index (χ0) is 9.97. The van der Waals surface area contributed by atoms with Gasteiger partial charge in [-0.15, -0.1) is 0 Å². The summed E-state index contributed by atoms with van der Waals surface area (Å²) in [5.74, 6) is 0.796. The summed E-state index contributed by atoms with van der Waals surface area (Å²) in [6.07, 6.45) is 1.72. The molecule has 0 saturated carbocycles. The first-order valence-corrected chi connectivity index (χ1v) is 5.50. The summed E-state index contributed by atoms with van der Waals surface area (Å²) in [5, 5.41) is 4.71. The highest BCUT2D eigenvalue weighted by Gasteiger charge is 2.10. The van der Waals surface area contributed by atoms with Crippen molar-refractivity contribution >= 4 is 10.8 Å². The molecule has 3 nitrogen and oxygen atoms in total. The van der Waals surface area contributed by atoms with Gasteiger partial charge in [-0.1, -0.05) is 0 Å². The van der Waals surface area contributed by atoms with Crippen LogP contribution < -0.4 is 10.1 Å². The van der Waals surface area contributed by atoms with Crippen molar-refractivity contribution in [2.24, 2.45) is 0 Å². The van der Waals surface area contributed by atoms with Gasteiger partial charge in [-0.05, 0) is 23.8 Å². The molecule has 1 N–H and O–H groups in total. The van der Waals surface area contributed by atoms with Crippen LogP contribution in [-0.4, -0.2) is 11.3 Å². The van der Waals surface area contributed by atoms with Gasteiger partial charge in [-0.25, -0.2) is 4.21 Å². The van der Waals surface area contributed by atoms with Crippen molar-refractivity contribution in [1.29, 1.82) is 0 Å². The maximum Gasteiger partial charge on any atom is 0.119 e. The minimum absolute atomic E-state index is 0.689. The van der Waals surface area contributed by atoms with E-state index in [1.54, 1.807) is 18.7 Å². The van der Waals surface area contributed by atoms with E-state index in [1.165, 1.54) is 0 Å². The third-order valence-corrected chi connectivity index (χ3v) is 3.30. The van der Waals surface area contributed by atoms with E-state index < -0.39 is 10.8 Å². The Labute approximate surface area is 85.2 Å². The van der Waals surface area contributed by atoms with Gasteiger partial charge in [0.15, 0.2) is 0 Å². The zero-order valence-electron chi connectivity index (χ0n) is 7.82. The Hall–Kier alpha value is -1.29. The van der Waals surface area contributed by atoms with E-state index in [1.807, 2.05) is 18.2 Å². The Morgan fingerprint density at radius 3 is 3.14 bits per heavy atom. The fraction of sp³-hybridized carbons (Fsp3) is 0.200. The average Bonchev–Trinajstić information content (AvgIpc) is 2.40. The number of ether oxygens (including phenoxy) is 1. The number of benzene rings is 1. The number of hydrogen-bond donors (Lipinski definition) is 1. The van der Waals surface area contributed by atoms with E-state index >= 15 is 0 Å². The van der Waals surface area contributed by atoms with E-state index in [4.69, 9.17) is 4.74 Å². The predicted octanol–water partition coefficient (Wildman–Crippen LogP) is 1.38. The highest BCUT2D eigenvalue weighted by Crippen LogP contribution is 2.22. The van der Waals surface area contributed by atoms with Crippen molar-refractivity contribution in [2.45, 2.75) is 11.4 Å². The molecule has 0 saturated heterocycles. The van der Waals surface area contributed by atoms with Crippen LogP contribution in [0.3, 0.4) is 0 Å². The van der Waals surface area contributed by atoms with Crippen molar-refractivity contribution < 1.29 is 8.95 Å². The van der Waals surface area contributed by atoms with Gasteiger partial charge >= 0.3 is 0 Å². The summed E-state index contributed by atoms with van der Waals surface area (Å²) >= 11 is 0. The molecule has 1 unspecified atom stereocenters. The van der Waals surface area contributed by atoms with Crippen LogP contribution in [0.25, 0.3) is 0 Å². The minimum atomic E-state index is -1.04. The second-order valence-corrected chi connectivity index (χ2v) is 4.26. The average molecular weight is 209 g/mol. The van der Waals surface area contributed by atoms with Gasteiger partial charge in [0.25, 0.3) is 0 Å². The van der Waals surface area contributed by atoms with E-state index in [0.717, 1.165) is 16.2 Å². The predicted molar refractivity (Wildman–Crippen MR) is 55.4 cm³/mol. The molecule has 0 amide bonds. The van der Waals surface area contributed by atoms with E-state index in [-0.39, 0.29) is 0 Å². The zero-order valence-corrected chi connectivity index (χ0v) is 8.64. The summed E-state index contributed by atoms with van der Waals surface area (Å²) in [5.41, 5.74) is 1.02. The van der Waals surface area contributed by atoms with E-state index in [0.29, 0.717) is 6.54 Å². The molecular formula is C10H11NO2S. The third-order valence-electron chi connectivity index (χ3n) is 2.09. The largest absolute Gasteiger partial charge is 0.497 e. The fourth-order valence-corrected chi connectivity index (χ4v) is 2.33. The van der Waals surface area contributed by atoms with Crippen LogP contribution in [0.5, 0.6) is 5.75 Å². The van der Waals surface area contributed by atoms with Gasteiger partial charge in [0.2, 0.25) is 0 Å². The molecule has 2 rings (SSSR count). The molecule has 0 fully saturated rings. The van der Waals surface area contributed by atoms with Crippen molar-refractivity contribution in [1.82, 2.24) is 5.32 Å². The molecule has 1 aliphatic rings. The second kappa shape index (κ2) is 3.84. The lowest BCUT2D eigenvalue weighted by Gasteiger charge is -2.07. The van der Waals surface area contributed by atoms with Gasteiger partial charge in [0, 0.05) is 23.0 Å². The SMILES string of the molecule is COc1ccc2c(c1)CNC=CS2=O. The standard InChI is InChI=1S/C10H11NO2S/c1-13-9-2-3-10-8(6-9)7-11-4-5-14(10)12/h2-6,11H,7H2,1H3. The van der Waals surface area contributed by atoms with E-state index in [2.05, 4.69) is 5.32 Å². The van der Waals surface area contributed by atoms with Crippen molar-refractivity contribution in [2.75, 3.05) is 7.11 Å². The first-order valence-electron chi connectivity index (χ1n) is 4.29. The van der Waals surface area contributed by atoms with Crippen LogP contribution in [0.1, 0.15) is 5.56 Å². The molecule has 1 aromatic rings. The molecule has 14 heavy (non-hydrogen) atoms. The van der Waals surface area contributed by atoms with Gasteiger partial charge in [-0.2, -0.15) is 0 Å². The molecule has 0 radical (unpaired) electrons. The van der Waals surface area contributed by atoms with Gasteiger partial charge in [-0.3, -0.25) is 0 Å². The molecular weight excluding hydrogens is 198 g/mol. The van der Waals surface area contributed by atoms with Crippen LogP contribution in [0, 0.1) is 0 Å². The molecule has 0 spiro atoms. The van der Waals surface area contributed by atoms with Crippen molar-refractivity contribution in [3.05, 3.63) is 35.4 Å². The van der Waals surface area contributed by atoms with E-state index in [9.17, 15) is 4.21 Å². The summed E-state index contributed by atoms with van der Waals surface area (Å²) in [6, 6.07) is 5.59. The van der Waals surface area contributed by atoms with Crippen LogP contribution in [0.4, 0.5) is 0 Å². The highest BCUT2D eigenvalue weighted by atomic mass is 32.2. The third kappa shape index (κ3) is 1.65. The molecule has 0 bridgehead atoms. The maximum atomic E-state index is 11.6. The van der Waals surface area contributed by atoms with Crippen molar-refractivity contribution in [3.8, 4) is 5.75 Å². The topological polar surface area (TPSA) is 38.3 Å². The number of hydrogen-bond acceptors (Lipinski definition) is 3. The van der Waals surface area contributed by atoms with Crippen LogP contribution >= 0.6 is 0 Å². The number of rotatable bonds is 1. The smallest absolute Gasteiger partial charge is 0.119 e. The van der Waals surface area contributed by atoms with Crippen LogP contribution in [0.15, 0.2) is 34.7 Å². The Morgan fingerprint density at radius 2 is 2.36 bits per heavy atom. The van der Waals surface area contributed by atoms with Gasteiger partial charge < -0.3 is 10.1 Å². The first-order chi connectivity index (χ1) is 6.81. The monoisotopic (exact) mass is 209 g/mol. The lowest BCUT2D eigenvalue weighted by Crippen LogP contribution is -2.04. The molecule has 4 heteroatoms. The molecule has 74 valence electrons. The normalized spacial score (nSPS) is 19.4. The number of fused-ring (bicyclic) bond motifs is 1. The Kier molecular flexibility index (Phi) is 2.54. The Morgan fingerprint density at radius 1 is 1.50 bits per heavy atom. The van der Waals surface area contributed by atoms with Crippen LogP contribution in [-0.2, 0) is 17.3 Å². The Balaban J connectivity index is 2.47. The number of nitrogens with one attached hydrogen (secondary N) is 1. The first kappa shape index (κ1) is 9.27. The molecule has 0 aliphatic carbocycles. The van der Waals surface area contributed by atoms with Crippen LogP contribution in [0.2, 0.25) is 0 Å². The molecule has 1 heterocycles. The maximum absolute atomic E-state index is 11.6. The molecule has 1 atom stereocenters. The quantitative estimate of drug-likeness (QED) is 0.759. The van der Waals surface area contributed by atoms with Gasteiger partial charge in [0.1, 0.15) is 5.75 Å². The summed E-state index contributed by atoms with van der Waals surface area (Å²) < 4.78 is 16.8. The second-order valence-electron chi connectivity index (χ2n) is 2.95. The highest BCUT2D eigenvalue weighted by molar-refractivity contribution is 7.88.